The van der Waals surface area contributed by atoms with E-state index in [4.69, 9.17) is 4.99 Å². The van der Waals surface area contributed by atoms with Gasteiger partial charge in [-0.3, -0.25) is 19.6 Å². The van der Waals surface area contributed by atoms with Crippen LogP contribution in [0.1, 0.15) is 53.4 Å². The van der Waals surface area contributed by atoms with Gasteiger partial charge in [0.05, 0.1) is 30.3 Å². The summed E-state index contributed by atoms with van der Waals surface area (Å²) in [6.07, 6.45) is 8.82. The van der Waals surface area contributed by atoms with Gasteiger partial charge in [-0.15, -0.1) is 11.3 Å². The molecule has 0 fully saturated rings. The largest absolute Gasteiger partial charge is 0.363 e. The van der Waals surface area contributed by atoms with E-state index in [2.05, 4.69) is 31.0 Å². The Bertz CT molecular complexity index is 1090. The normalized spacial score (nSPS) is 16.4. The highest BCUT2D eigenvalue weighted by atomic mass is 32.1. The van der Waals surface area contributed by atoms with Crippen LogP contribution >= 0.6 is 11.3 Å². The molecule has 4 rings (SSSR count). The van der Waals surface area contributed by atoms with E-state index < -0.39 is 0 Å². The number of amides is 2. The van der Waals surface area contributed by atoms with Gasteiger partial charge in [-0.25, -0.2) is 9.50 Å². The number of carbonyl (C=O) groups is 2. The highest BCUT2D eigenvalue weighted by molar-refractivity contribution is 7.11. The molecule has 0 aromatic carbocycles. The fourth-order valence-electron chi connectivity index (χ4n) is 3.68. The Hall–Kier alpha value is -3.34. The molecule has 3 aromatic heterocycles. The molecule has 32 heavy (non-hydrogen) atoms. The highest BCUT2D eigenvalue weighted by Crippen LogP contribution is 2.21. The summed E-state index contributed by atoms with van der Waals surface area (Å²) in [5.74, 6) is 0.676. The smallest absolute Gasteiger partial charge is 0.263 e. The van der Waals surface area contributed by atoms with E-state index in [0.717, 1.165) is 42.7 Å². The summed E-state index contributed by atoms with van der Waals surface area (Å²) < 4.78 is 1.72. The van der Waals surface area contributed by atoms with Crippen molar-refractivity contribution in [1.82, 2.24) is 35.5 Å². The van der Waals surface area contributed by atoms with Crippen LogP contribution in [-0.2, 0) is 4.79 Å². The molecule has 0 spiro atoms. The first kappa shape index (κ1) is 21.9. The summed E-state index contributed by atoms with van der Waals surface area (Å²) in [5, 5.41) is 13.4. The first-order valence-corrected chi connectivity index (χ1v) is 11.5. The van der Waals surface area contributed by atoms with E-state index >= 15 is 0 Å². The molecular formula is C21H26N8O2S. The van der Waals surface area contributed by atoms with Crippen LogP contribution in [0.5, 0.6) is 0 Å². The summed E-state index contributed by atoms with van der Waals surface area (Å²) in [6, 6.07) is 3.78. The first-order chi connectivity index (χ1) is 15.6. The lowest BCUT2D eigenvalue weighted by Gasteiger charge is -2.21. The zero-order valence-corrected chi connectivity index (χ0v) is 18.6. The fraction of sp³-hybridized carbons (Fsp3) is 0.429. The summed E-state index contributed by atoms with van der Waals surface area (Å²) in [4.78, 5) is 37.6. The molecule has 3 aromatic rings. The Morgan fingerprint density at radius 2 is 2.25 bits per heavy atom. The molecule has 1 aliphatic rings. The minimum absolute atomic E-state index is 0.0164. The van der Waals surface area contributed by atoms with Crippen molar-refractivity contribution in [3.63, 3.8) is 0 Å². The Balaban J connectivity index is 1.39. The van der Waals surface area contributed by atoms with E-state index in [0.29, 0.717) is 17.8 Å². The molecule has 168 valence electrons. The summed E-state index contributed by atoms with van der Waals surface area (Å²) >= 11 is 1.31. The fourth-order valence-corrected chi connectivity index (χ4v) is 4.20. The SMILES string of the molecule is CNC(=O)CCCCC[C@H](NC(=O)c1cncs1)C1=NCC(c2ccn3ncnc3c2)N1. The van der Waals surface area contributed by atoms with Crippen LogP contribution in [-0.4, -0.2) is 56.9 Å². The van der Waals surface area contributed by atoms with Gasteiger partial charge in [0.2, 0.25) is 5.91 Å². The number of nitrogens with zero attached hydrogens (tertiary/aromatic N) is 5. The molecule has 1 unspecified atom stereocenters. The third-order valence-corrected chi connectivity index (χ3v) is 6.21. The van der Waals surface area contributed by atoms with Gasteiger partial charge in [-0.1, -0.05) is 12.8 Å². The predicted molar refractivity (Wildman–Crippen MR) is 122 cm³/mol. The van der Waals surface area contributed by atoms with Crippen molar-refractivity contribution < 1.29 is 9.59 Å². The minimum atomic E-state index is -0.230. The first-order valence-electron chi connectivity index (χ1n) is 10.6. The lowest BCUT2D eigenvalue weighted by atomic mass is 10.0. The van der Waals surface area contributed by atoms with Gasteiger partial charge in [0.1, 0.15) is 17.0 Å². The van der Waals surface area contributed by atoms with E-state index in [9.17, 15) is 9.59 Å². The van der Waals surface area contributed by atoms with Crippen LogP contribution in [0.2, 0.25) is 0 Å². The van der Waals surface area contributed by atoms with Gasteiger partial charge in [0.15, 0.2) is 5.65 Å². The van der Waals surface area contributed by atoms with Crippen LogP contribution in [0.4, 0.5) is 0 Å². The Morgan fingerprint density at radius 3 is 3.06 bits per heavy atom. The van der Waals surface area contributed by atoms with Gasteiger partial charge in [-0.05, 0) is 30.5 Å². The molecule has 0 radical (unpaired) electrons. The van der Waals surface area contributed by atoms with Gasteiger partial charge in [0, 0.05) is 19.7 Å². The number of hydrogen-bond acceptors (Lipinski definition) is 8. The minimum Gasteiger partial charge on any atom is -0.363 e. The Kier molecular flexibility index (Phi) is 7.05. The lowest BCUT2D eigenvalue weighted by molar-refractivity contribution is -0.120. The van der Waals surface area contributed by atoms with Gasteiger partial charge in [0.25, 0.3) is 5.91 Å². The molecule has 3 N–H and O–H groups in total. The van der Waals surface area contributed by atoms with Crippen molar-refractivity contribution in [2.45, 2.75) is 44.2 Å². The van der Waals surface area contributed by atoms with Crippen LogP contribution in [0.15, 0.2) is 41.4 Å². The van der Waals surface area contributed by atoms with Crippen LogP contribution in [0.3, 0.4) is 0 Å². The second-order valence-corrected chi connectivity index (χ2v) is 8.50. The number of rotatable bonds is 10. The number of fused-ring (bicyclic) bond motifs is 1. The number of thiazole rings is 1. The Morgan fingerprint density at radius 1 is 1.34 bits per heavy atom. The van der Waals surface area contributed by atoms with E-state index in [-0.39, 0.29) is 23.9 Å². The van der Waals surface area contributed by atoms with Crippen molar-refractivity contribution in [2.75, 3.05) is 13.6 Å². The van der Waals surface area contributed by atoms with E-state index in [1.807, 2.05) is 18.3 Å². The number of pyridine rings is 1. The number of aliphatic imine (C=N–C) groups is 1. The standard InChI is InChI=1S/C21H26N8O2S/c1-22-19(30)6-4-2-3-5-15(28-21(31)17-11-23-13-32-17)20-24-10-16(27-20)14-7-8-29-18(9-14)25-12-26-29/h7-9,11-13,15-16H,2-6,10H2,1H3,(H,22,30)(H,24,27)(H,28,31)/t15-,16?/m0/s1. The number of hydrogen-bond donors (Lipinski definition) is 3. The number of unbranched alkanes of at least 4 members (excludes halogenated alkanes) is 2. The predicted octanol–water partition coefficient (Wildman–Crippen LogP) is 1.72. The summed E-state index contributed by atoms with van der Waals surface area (Å²) in [5.41, 5.74) is 3.50. The topological polar surface area (TPSA) is 126 Å². The number of nitrogens with one attached hydrogen (secondary N) is 3. The monoisotopic (exact) mass is 454 g/mol. The maximum atomic E-state index is 12.7. The van der Waals surface area contributed by atoms with E-state index in [1.54, 1.807) is 23.3 Å². The number of amidine groups is 1. The number of aromatic nitrogens is 4. The zero-order valence-electron chi connectivity index (χ0n) is 17.8. The van der Waals surface area contributed by atoms with E-state index in [1.165, 1.54) is 17.7 Å². The second kappa shape index (κ2) is 10.3. The number of carbonyl (C=O) groups excluding carboxylic acids is 2. The molecule has 0 aliphatic carbocycles. The van der Waals surface area contributed by atoms with Crippen molar-refractivity contribution >= 4 is 34.6 Å². The summed E-state index contributed by atoms with van der Waals surface area (Å²) in [7, 11) is 1.65. The molecule has 10 nitrogen and oxygen atoms in total. The Labute approximate surface area is 189 Å². The zero-order chi connectivity index (χ0) is 22.3. The highest BCUT2D eigenvalue weighted by Gasteiger charge is 2.27. The third kappa shape index (κ3) is 5.28. The molecule has 11 heteroatoms. The molecule has 0 bridgehead atoms. The van der Waals surface area contributed by atoms with Crippen molar-refractivity contribution in [1.29, 1.82) is 0 Å². The quantitative estimate of drug-likeness (QED) is 0.401. The van der Waals surface area contributed by atoms with Gasteiger partial charge in [-0.2, -0.15) is 5.10 Å². The van der Waals surface area contributed by atoms with Crippen molar-refractivity contribution in [3.8, 4) is 0 Å². The average molecular weight is 455 g/mol. The molecule has 0 saturated carbocycles. The second-order valence-electron chi connectivity index (χ2n) is 7.61. The molecule has 2 amide bonds. The van der Waals surface area contributed by atoms with Crippen LogP contribution in [0, 0.1) is 0 Å². The van der Waals surface area contributed by atoms with Crippen molar-refractivity contribution in [3.05, 3.63) is 46.8 Å². The maximum absolute atomic E-state index is 12.7. The summed E-state index contributed by atoms with van der Waals surface area (Å²) in [6.45, 7) is 0.587. The lowest BCUT2D eigenvalue weighted by Crippen LogP contribution is -2.45. The molecule has 0 saturated heterocycles. The van der Waals surface area contributed by atoms with Crippen LogP contribution < -0.4 is 16.0 Å². The molecule has 4 heterocycles. The molecular weight excluding hydrogens is 428 g/mol. The third-order valence-electron chi connectivity index (χ3n) is 5.44. The average Bonchev–Trinajstić information content (AvgIpc) is 3.58. The molecule has 2 atom stereocenters. The van der Waals surface area contributed by atoms with Crippen molar-refractivity contribution in [2.24, 2.45) is 4.99 Å². The maximum Gasteiger partial charge on any atom is 0.263 e. The van der Waals surface area contributed by atoms with Crippen LogP contribution in [0.25, 0.3) is 5.65 Å². The van der Waals surface area contributed by atoms with Gasteiger partial charge < -0.3 is 16.0 Å². The van der Waals surface area contributed by atoms with Gasteiger partial charge >= 0.3 is 0 Å². The molecule has 1 aliphatic heterocycles.